The molecule has 142 valence electrons. The van der Waals surface area contributed by atoms with Crippen molar-refractivity contribution in [2.75, 3.05) is 6.61 Å². The molecule has 6 aliphatic carbocycles. The summed E-state index contributed by atoms with van der Waals surface area (Å²) in [4.78, 5) is 25.2. The molecule has 7 rings (SSSR count). The van der Waals surface area contributed by atoms with Gasteiger partial charge in [-0.25, -0.2) is 0 Å². The van der Waals surface area contributed by atoms with E-state index in [0.717, 1.165) is 38.5 Å². The van der Waals surface area contributed by atoms with Gasteiger partial charge < -0.3 is 14.6 Å². The van der Waals surface area contributed by atoms with Crippen LogP contribution in [0, 0.1) is 40.9 Å². The Hall–Kier alpha value is -0.940. The van der Waals surface area contributed by atoms with E-state index in [-0.39, 0.29) is 53.0 Å². The first kappa shape index (κ1) is 16.1. The summed E-state index contributed by atoms with van der Waals surface area (Å²) in [7, 11) is 0. The van der Waals surface area contributed by atoms with Crippen molar-refractivity contribution in [3.63, 3.8) is 0 Å². The van der Waals surface area contributed by atoms with E-state index in [1.807, 2.05) is 0 Å². The van der Waals surface area contributed by atoms with E-state index in [0.29, 0.717) is 18.4 Å². The van der Waals surface area contributed by atoms with Gasteiger partial charge in [-0.15, -0.1) is 0 Å². The van der Waals surface area contributed by atoms with E-state index in [1.165, 1.54) is 6.42 Å². The van der Waals surface area contributed by atoms with Crippen LogP contribution in [0.25, 0.3) is 0 Å². The topological polar surface area (TPSA) is 76.1 Å². The maximum absolute atomic E-state index is 13.0. The minimum atomic E-state index is -0.528. The van der Waals surface area contributed by atoms with Crippen molar-refractivity contribution in [3.05, 3.63) is 0 Å². The molecule has 0 radical (unpaired) electrons. The van der Waals surface area contributed by atoms with Gasteiger partial charge in [0.25, 0.3) is 0 Å². The van der Waals surface area contributed by atoms with Crippen molar-refractivity contribution in [2.24, 2.45) is 40.9 Å². The summed E-state index contributed by atoms with van der Waals surface area (Å²) in [5.74, 6) is 0.982. The Kier molecular flexibility index (Phi) is 3.03. The van der Waals surface area contributed by atoms with Gasteiger partial charge in [0.2, 0.25) is 0 Å². The maximum Gasteiger partial charge on any atom is 0.310 e. The van der Waals surface area contributed by atoms with Crippen LogP contribution in [0.4, 0.5) is 0 Å². The fraction of sp³-hybridized carbons (Fsp3) is 0.905. The zero-order valence-corrected chi connectivity index (χ0v) is 15.4. The van der Waals surface area contributed by atoms with Gasteiger partial charge in [-0.2, -0.15) is 0 Å². The second kappa shape index (κ2) is 4.91. The third kappa shape index (κ3) is 2.10. The molecule has 0 spiro atoms. The monoisotopic (exact) mass is 360 g/mol. The molecule has 7 fully saturated rings. The van der Waals surface area contributed by atoms with Crippen molar-refractivity contribution in [2.45, 2.75) is 69.7 Å². The smallest absolute Gasteiger partial charge is 0.310 e. The van der Waals surface area contributed by atoms with Gasteiger partial charge in [-0.1, -0.05) is 0 Å². The zero-order valence-electron chi connectivity index (χ0n) is 15.4. The van der Waals surface area contributed by atoms with Crippen LogP contribution < -0.4 is 0 Å². The number of rotatable bonds is 4. The standard InChI is InChI=1S/C21H28O5/c1-10(22)15-13-3-14(18-17(13)26-18)16(15)19(23)25-9-20-4-11-2-12(5-20)7-21(24,6-11)8-20/h11-18,24H,2-9H2,1H3. The van der Waals surface area contributed by atoms with Gasteiger partial charge in [0.05, 0.1) is 30.3 Å². The zero-order chi connectivity index (χ0) is 17.8. The molecule has 0 aromatic carbocycles. The highest BCUT2D eigenvalue weighted by atomic mass is 16.6. The lowest BCUT2D eigenvalue weighted by atomic mass is 9.48. The maximum atomic E-state index is 13.0. The number of hydrogen-bond donors (Lipinski definition) is 1. The molecule has 1 saturated heterocycles. The van der Waals surface area contributed by atoms with Gasteiger partial charge in [0.1, 0.15) is 5.78 Å². The van der Waals surface area contributed by atoms with Crippen LogP contribution in [0.3, 0.4) is 0 Å². The van der Waals surface area contributed by atoms with Crippen molar-refractivity contribution in [3.8, 4) is 0 Å². The van der Waals surface area contributed by atoms with Crippen molar-refractivity contribution in [1.29, 1.82) is 0 Å². The molecular weight excluding hydrogens is 332 g/mol. The predicted octanol–water partition coefficient (Wildman–Crippen LogP) is 2.10. The first-order valence-electron chi connectivity index (χ1n) is 10.4. The van der Waals surface area contributed by atoms with Crippen molar-refractivity contribution < 1.29 is 24.2 Å². The lowest BCUT2D eigenvalue weighted by molar-refractivity contribution is -0.189. The van der Waals surface area contributed by atoms with E-state index in [2.05, 4.69) is 0 Å². The number of epoxide rings is 1. The van der Waals surface area contributed by atoms with Gasteiger partial charge >= 0.3 is 5.97 Å². The summed E-state index contributed by atoms with van der Waals surface area (Å²) in [6, 6.07) is 0. The lowest BCUT2D eigenvalue weighted by Gasteiger charge is -2.59. The molecule has 1 N–H and O–H groups in total. The van der Waals surface area contributed by atoms with Crippen molar-refractivity contribution >= 4 is 11.8 Å². The predicted molar refractivity (Wildman–Crippen MR) is 90.9 cm³/mol. The van der Waals surface area contributed by atoms with Gasteiger partial charge in [-0.3, -0.25) is 9.59 Å². The molecule has 7 aliphatic rings. The number of carbonyl (C=O) groups is 2. The third-order valence-corrected chi connectivity index (χ3v) is 8.67. The first-order chi connectivity index (χ1) is 12.4. The SMILES string of the molecule is CC(=O)C1C2CC(C3OC23)C1C(=O)OCC12CC3CC(CC(O)(C3)C1)C2. The Bertz CT molecular complexity index is 672. The van der Waals surface area contributed by atoms with Crippen LogP contribution in [0.2, 0.25) is 0 Å². The number of carbonyl (C=O) groups excluding carboxylic acids is 2. The molecule has 8 unspecified atom stereocenters. The Labute approximate surface area is 153 Å². The summed E-state index contributed by atoms with van der Waals surface area (Å²) in [6.07, 6.45) is 7.38. The van der Waals surface area contributed by atoms with Crippen LogP contribution in [0.15, 0.2) is 0 Å². The van der Waals surface area contributed by atoms with E-state index < -0.39 is 5.60 Å². The average molecular weight is 360 g/mol. The number of aliphatic hydroxyl groups is 1. The molecule has 5 heteroatoms. The number of ether oxygens (including phenoxy) is 2. The van der Waals surface area contributed by atoms with Crippen LogP contribution in [-0.4, -0.2) is 41.3 Å². The largest absolute Gasteiger partial charge is 0.465 e. The van der Waals surface area contributed by atoms with Gasteiger partial charge in [-0.05, 0) is 69.6 Å². The quantitative estimate of drug-likeness (QED) is 0.614. The van der Waals surface area contributed by atoms with Crippen LogP contribution in [0.5, 0.6) is 0 Å². The van der Waals surface area contributed by atoms with Crippen LogP contribution >= 0.6 is 0 Å². The molecule has 0 amide bonds. The van der Waals surface area contributed by atoms with Crippen LogP contribution in [0.1, 0.15) is 51.9 Å². The van der Waals surface area contributed by atoms with Gasteiger partial charge in [0, 0.05) is 17.3 Å². The molecule has 26 heavy (non-hydrogen) atoms. The van der Waals surface area contributed by atoms with E-state index in [1.54, 1.807) is 6.92 Å². The third-order valence-electron chi connectivity index (χ3n) is 8.67. The minimum Gasteiger partial charge on any atom is -0.465 e. The summed E-state index contributed by atoms with van der Waals surface area (Å²) in [6.45, 7) is 2.03. The number of hydrogen-bond acceptors (Lipinski definition) is 5. The number of Topliss-reactive ketones (excluding diaryl/α,β-unsaturated/α-hetero) is 1. The fourth-order valence-electron chi connectivity index (χ4n) is 8.41. The summed E-state index contributed by atoms with van der Waals surface area (Å²) < 4.78 is 11.6. The molecule has 1 aliphatic heterocycles. The summed E-state index contributed by atoms with van der Waals surface area (Å²) in [5.41, 5.74) is -0.559. The average Bonchev–Trinajstić information content (AvgIpc) is 3.15. The summed E-state index contributed by atoms with van der Waals surface area (Å²) >= 11 is 0. The van der Waals surface area contributed by atoms with Gasteiger partial charge in [0.15, 0.2) is 0 Å². The second-order valence-electron chi connectivity index (χ2n) is 10.6. The highest BCUT2D eigenvalue weighted by molar-refractivity contribution is 5.87. The molecule has 8 atom stereocenters. The number of ketones is 1. The molecule has 0 aromatic rings. The number of esters is 1. The van der Waals surface area contributed by atoms with Crippen molar-refractivity contribution in [1.82, 2.24) is 0 Å². The Balaban J connectivity index is 1.18. The molecule has 6 saturated carbocycles. The molecular formula is C21H28O5. The molecule has 1 heterocycles. The Morgan fingerprint density at radius 3 is 2.31 bits per heavy atom. The Morgan fingerprint density at radius 2 is 1.69 bits per heavy atom. The highest BCUT2D eigenvalue weighted by Gasteiger charge is 2.70. The highest BCUT2D eigenvalue weighted by Crippen LogP contribution is 2.63. The molecule has 5 nitrogen and oxygen atoms in total. The molecule has 6 bridgehead atoms. The van der Waals surface area contributed by atoms with E-state index in [9.17, 15) is 14.7 Å². The summed E-state index contributed by atoms with van der Waals surface area (Å²) in [5, 5.41) is 10.9. The fourth-order valence-corrected chi connectivity index (χ4v) is 8.41. The van der Waals surface area contributed by atoms with E-state index >= 15 is 0 Å². The lowest BCUT2D eigenvalue weighted by Crippen LogP contribution is -2.57. The number of fused-ring (bicyclic) bond motifs is 5. The molecule has 0 aromatic heterocycles. The minimum absolute atomic E-state index is 0.0313. The van der Waals surface area contributed by atoms with E-state index in [4.69, 9.17) is 9.47 Å². The second-order valence-corrected chi connectivity index (χ2v) is 10.6. The Morgan fingerprint density at radius 1 is 1.04 bits per heavy atom. The van der Waals surface area contributed by atoms with Crippen LogP contribution in [-0.2, 0) is 19.1 Å². The first-order valence-corrected chi connectivity index (χ1v) is 10.4. The normalized spacial score (nSPS) is 57.9.